The highest BCUT2D eigenvalue weighted by atomic mass is 16.5. The molecule has 1 aliphatic heterocycles. The van der Waals surface area contributed by atoms with Crippen LogP contribution in [0.5, 0.6) is 0 Å². The number of carbonyl (C=O) groups is 3. The highest BCUT2D eigenvalue weighted by Gasteiger charge is 2.17. The summed E-state index contributed by atoms with van der Waals surface area (Å²) in [6, 6.07) is 7.66. The van der Waals surface area contributed by atoms with Crippen LogP contribution in [0, 0.1) is 0 Å². The minimum absolute atomic E-state index is 0.0306. The van der Waals surface area contributed by atoms with Crippen LogP contribution in [0.15, 0.2) is 24.3 Å². The molecule has 1 aromatic carbocycles. The van der Waals surface area contributed by atoms with Crippen molar-refractivity contribution in [3.8, 4) is 0 Å². The van der Waals surface area contributed by atoms with Crippen LogP contribution in [-0.2, 0) is 19.1 Å². The van der Waals surface area contributed by atoms with Gasteiger partial charge in [-0.05, 0) is 37.6 Å². The normalized spacial score (nSPS) is 13.7. The van der Waals surface area contributed by atoms with Gasteiger partial charge in [0.15, 0.2) is 0 Å². The second-order valence-electron chi connectivity index (χ2n) is 6.95. The van der Waals surface area contributed by atoms with Gasteiger partial charge in [0.1, 0.15) is 0 Å². The second-order valence-corrected chi connectivity index (χ2v) is 6.95. The van der Waals surface area contributed by atoms with E-state index in [4.69, 9.17) is 4.74 Å². The van der Waals surface area contributed by atoms with Crippen LogP contribution in [0.2, 0.25) is 0 Å². The van der Waals surface area contributed by atoms with E-state index >= 15 is 0 Å². The summed E-state index contributed by atoms with van der Waals surface area (Å²) in [7, 11) is 0. The van der Waals surface area contributed by atoms with Gasteiger partial charge in [0, 0.05) is 50.4 Å². The third kappa shape index (κ3) is 7.73. The monoisotopic (exact) mass is 404 g/mol. The van der Waals surface area contributed by atoms with Crippen LogP contribution in [-0.4, -0.2) is 68.6 Å². The van der Waals surface area contributed by atoms with Crippen molar-refractivity contribution in [2.24, 2.45) is 0 Å². The van der Waals surface area contributed by atoms with Crippen LogP contribution < -0.4 is 15.5 Å². The van der Waals surface area contributed by atoms with Gasteiger partial charge in [-0.1, -0.05) is 6.92 Å². The Morgan fingerprint density at radius 1 is 1.03 bits per heavy atom. The summed E-state index contributed by atoms with van der Waals surface area (Å²) in [5.41, 5.74) is 1.78. The molecule has 0 spiro atoms. The van der Waals surface area contributed by atoms with Crippen molar-refractivity contribution in [3.63, 3.8) is 0 Å². The zero-order chi connectivity index (χ0) is 21.1. The molecule has 0 atom stereocenters. The lowest BCUT2D eigenvalue weighted by atomic mass is 10.2. The van der Waals surface area contributed by atoms with Gasteiger partial charge in [-0.25, -0.2) is 0 Å². The maximum atomic E-state index is 12.3. The Labute approximate surface area is 172 Å². The average molecular weight is 405 g/mol. The van der Waals surface area contributed by atoms with Gasteiger partial charge in [0.2, 0.25) is 17.7 Å². The molecule has 1 heterocycles. The molecule has 0 saturated carbocycles. The van der Waals surface area contributed by atoms with E-state index < -0.39 is 0 Å². The molecule has 2 N–H and O–H groups in total. The summed E-state index contributed by atoms with van der Waals surface area (Å²) in [5, 5.41) is 5.58. The molecular formula is C21H32N4O4. The van der Waals surface area contributed by atoms with Crippen molar-refractivity contribution in [1.29, 1.82) is 0 Å². The zero-order valence-electron chi connectivity index (χ0n) is 17.4. The number of likely N-dealkylation sites (N-methyl/N-ethyl adjacent to an activating group) is 1. The molecule has 0 aliphatic carbocycles. The number of ether oxygens (including phenoxy) is 1. The Balaban J connectivity index is 1.79. The Bertz CT molecular complexity index is 672. The van der Waals surface area contributed by atoms with Crippen molar-refractivity contribution in [2.75, 3.05) is 56.2 Å². The lowest BCUT2D eigenvalue weighted by Gasteiger charge is -2.29. The Hall–Kier alpha value is -2.61. The molecule has 1 fully saturated rings. The van der Waals surface area contributed by atoms with E-state index in [9.17, 15) is 14.4 Å². The number of carbonyl (C=O) groups excluding carboxylic acids is 3. The second kappa shape index (κ2) is 12.1. The molecule has 0 unspecified atom stereocenters. The quantitative estimate of drug-likeness (QED) is 0.618. The molecule has 160 valence electrons. The number of rotatable bonds is 10. The maximum Gasteiger partial charge on any atom is 0.243 e. The fraction of sp³-hybridized carbons (Fsp3) is 0.571. The summed E-state index contributed by atoms with van der Waals surface area (Å²) in [6.07, 6.45) is 1.10. The topological polar surface area (TPSA) is 91.0 Å². The first-order valence-corrected chi connectivity index (χ1v) is 10.3. The standard InChI is InChI=1S/C21H32N4O4/c1-3-11-22-19(26)9-10-21(28)24(4-2)16-20(27)23-17-5-7-18(8-6-17)25-12-14-29-15-13-25/h5-8H,3-4,9-16H2,1-2H3,(H,22,26)(H,23,27). The Morgan fingerprint density at radius 3 is 2.34 bits per heavy atom. The molecule has 1 saturated heterocycles. The van der Waals surface area contributed by atoms with E-state index in [0.29, 0.717) is 18.8 Å². The maximum absolute atomic E-state index is 12.3. The predicted octanol–water partition coefficient (Wildman–Crippen LogP) is 1.62. The third-order valence-corrected chi connectivity index (χ3v) is 4.73. The molecule has 8 nitrogen and oxygen atoms in total. The lowest BCUT2D eigenvalue weighted by Crippen LogP contribution is -2.38. The van der Waals surface area contributed by atoms with Crippen molar-refractivity contribution in [2.45, 2.75) is 33.1 Å². The fourth-order valence-electron chi connectivity index (χ4n) is 3.06. The number of benzene rings is 1. The van der Waals surface area contributed by atoms with Crippen LogP contribution in [0.3, 0.4) is 0 Å². The van der Waals surface area contributed by atoms with Crippen molar-refractivity contribution in [1.82, 2.24) is 10.2 Å². The lowest BCUT2D eigenvalue weighted by molar-refractivity contribution is -0.135. The highest BCUT2D eigenvalue weighted by molar-refractivity contribution is 5.95. The molecule has 1 aromatic rings. The number of morpholine rings is 1. The molecule has 29 heavy (non-hydrogen) atoms. The first-order valence-electron chi connectivity index (χ1n) is 10.3. The van der Waals surface area contributed by atoms with Gasteiger partial charge in [-0.2, -0.15) is 0 Å². The SMILES string of the molecule is CCCNC(=O)CCC(=O)N(CC)CC(=O)Nc1ccc(N2CCOCC2)cc1. The summed E-state index contributed by atoms with van der Waals surface area (Å²) in [6.45, 7) is 7.94. The van der Waals surface area contributed by atoms with Gasteiger partial charge in [0.25, 0.3) is 0 Å². The summed E-state index contributed by atoms with van der Waals surface area (Å²) >= 11 is 0. The molecular weight excluding hydrogens is 372 g/mol. The number of nitrogens with zero attached hydrogens (tertiary/aromatic N) is 2. The van der Waals surface area contributed by atoms with E-state index in [1.807, 2.05) is 38.1 Å². The smallest absolute Gasteiger partial charge is 0.243 e. The van der Waals surface area contributed by atoms with E-state index in [0.717, 1.165) is 38.4 Å². The van der Waals surface area contributed by atoms with Crippen molar-refractivity contribution < 1.29 is 19.1 Å². The summed E-state index contributed by atoms with van der Waals surface area (Å²) in [4.78, 5) is 40.0. The molecule has 0 radical (unpaired) electrons. The largest absolute Gasteiger partial charge is 0.378 e. The van der Waals surface area contributed by atoms with E-state index in [1.165, 1.54) is 4.90 Å². The molecule has 3 amide bonds. The first-order chi connectivity index (χ1) is 14.0. The minimum atomic E-state index is -0.255. The van der Waals surface area contributed by atoms with Crippen molar-refractivity contribution in [3.05, 3.63) is 24.3 Å². The zero-order valence-corrected chi connectivity index (χ0v) is 17.4. The van der Waals surface area contributed by atoms with E-state index in [-0.39, 0.29) is 37.1 Å². The molecule has 0 bridgehead atoms. The Kier molecular flexibility index (Phi) is 9.43. The molecule has 8 heteroatoms. The number of anilines is 2. The highest BCUT2D eigenvalue weighted by Crippen LogP contribution is 2.19. The van der Waals surface area contributed by atoms with Crippen LogP contribution in [0.1, 0.15) is 33.1 Å². The Morgan fingerprint density at radius 2 is 1.72 bits per heavy atom. The number of hydrogen-bond donors (Lipinski definition) is 2. The molecule has 2 rings (SSSR count). The van der Waals surface area contributed by atoms with E-state index in [2.05, 4.69) is 15.5 Å². The van der Waals surface area contributed by atoms with Crippen molar-refractivity contribution >= 4 is 29.1 Å². The summed E-state index contributed by atoms with van der Waals surface area (Å²) in [5.74, 6) is -0.590. The first kappa shape index (κ1) is 22.7. The van der Waals surface area contributed by atoms with Crippen LogP contribution in [0.25, 0.3) is 0 Å². The van der Waals surface area contributed by atoms with Gasteiger partial charge in [-0.3, -0.25) is 14.4 Å². The van der Waals surface area contributed by atoms with Crippen LogP contribution >= 0.6 is 0 Å². The molecule has 1 aliphatic rings. The number of hydrogen-bond acceptors (Lipinski definition) is 5. The van der Waals surface area contributed by atoms with E-state index in [1.54, 1.807) is 0 Å². The average Bonchev–Trinajstić information content (AvgIpc) is 2.75. The minimum Gasteiger partial charge on any atom is -0.378 e. The van der Waals surface area contributed by atoms with Gasteiger partial charge >= 0.3 is 0 Å². The van der Waals surface area contributed by atoms with Gasteiger partial charge in [-0.15, -0.1) is 0 Å². The molecule has 0 aromatic heterocycles. The fourth-order valence-corrected chi connectivity index (χ4v) is 3.06. The van der Waals surface area contributed by atoms with Crippen LogP contribution in [0.4, 0.5) is 11.4 Å². The van der Waals surface area contributed by atoms with Gasteiger partial charge in [0.05, 0.1) is 19.8 Å². The number of amides is 3. The van der Waals surface area contributed by atoms with Gasteiger partial charge < -0.3 is 25.2 Å². The number of nitrogens with one attached hydrogen (secondary N) is 2. The third-order valence-electron chi connectivity index (χ3n) is 4.73. The predicted molar refractivity (Wildman–Crippen MR) is 113 cm³/mol. The summed E-state index contributed by atoms with van der Waals surface area (Å²) < 4.78 is 5.36.